The van der Waals surface area contributed by atoms with Gasteiger partial charge in [-0.2, -0.15) is 0 Å². The molecule has 0 bridgehead atoms. The molecule has 1 aliphatic rings. The highest BCUT2D eigenvalue weighted by Gasteiger charge is 2.51. The fraction of sp³-hybridized carbons (Fsp3) is 0.200. The van der Waals surface area contributed by atoms with Gasteiger partial charge >= 0.3 is 7.12 Å². The van der Waals surface area contributed by atoms with Crippen LogP contribution >= 0.6 is 11.3 Å². The van der Waals surface area contributed by atoms with E-state index in [-0.39, 0.29) is 18.3 Å². The molecular formula is C30H24BNO2S. The van der Waals surface area contributed by atoms with Crippen LogP contribution in [0.5, 0.6) is 0 Å². The van der Waals surface area contributed by atoms with E-state index < -0.39 is 0 Å². The van der Waals surface area contributed by atoms with Gasteiger partial charge in [-0.15, -0.1) is 11.3 Å². The monoisotopic (exact) mass is 473 g/mol. The molecule has 3 nitrogen and oxygen atoms in total. The lowest BCUT2D eigenvalue weighted by Crippen LogP contribution is -2.41. The van der Waals surface area contributed by atoms with E-state index in [2.05, 4.69) is 105 Å². The second-order valence-corrected chi connectivity index (χ2v) is 11.9. The van der Waals surface area contributed by atoms with Crippen LogP contribution < -0.4 is 5.46 Å². The molecule has 1 saturated heterocycles. The van der Waals surface area contributed by atoms with Crippen molar-refractivity contribution in [2.24, 2.45) is 0 Å². The van der Waals surface area contributed by atoms with Crippen LogP contribution in [-0.2, 0) is 9.31 Å². The summed E-state index contributed by atoms with van der Waals surface area (Å²) in [6, 6.07) is 26.7. The number of hydrogen-bond donors (Lipinski definition) is 0. The van der Waals surface area contributed by atoms with E-state index in [1.54, 1.807) is 0 Å². The maximum absolute atomic E-state index is 6.40. The van der Waals surface area contributed by atoms with Gasteiger partial charge in [0.05, 0.1) is 32.5 Å². The summed E-state index contributed by atoms with van der Waals surface area (Å²) >= 11 is 1.89. The maximum Gasteiger partial charge on any atom is 0.494 e. The molecule has 0 atom stereocenters. The Morgan fingerprint density at radius 2 is 1.43 bits per heavy atom. The first kappa shape index (κ1) is 20.1. The predicted octanol–water partition coefficient (Wildman–Crippen LogP) is 7.50. The van der Waals surface area contributed by atoms with Crippen molar-refractivity contribution in [3.05, 3.63) is 72.8 Å². The van der Waals surface area contributed by atoms with Gasteiger partial charge in [0, 0.05) is 26.2 Å². The SMILES string of the molecule is CC1(C)OB(c2ccc3sc4c5cc6ccccc6c6c7ccccc7n(c4c3c2)c56)OC1(C)C. The van der Waals surface area contributed by atoms with E-state index >= 15 is 0 Å². The minimum absolute atomic E-state index is 0.359. The lowest BCUT2D eigenvalue weighted by Gasteiger charge is -2.32. The van der Waals surface area contributed by atoms with Crippen LogP contribution in [0.25, 0.3) is 58.3 Å². The Labute approximate surface area is 207 Å². The Kier molecular flexibility index (Phi) is 3.65. The molecular weight excluding hydrogens is 449 g/mol. The number of nitrogens with zero attached hydrogens (tertiary/aromatic N) is 1. The molecule has 1 aliphatic heterocycles. The number of para-hydroxylation sites is 1. The van der Waals surface area contributed by atoms with Crippen molar-refractivity contribution in [1.29, 1.82) is 0 Å². The summed E-state index contributed by atoms with van der Waals surface area (Å²) in [5.41, 5.74) is 4.24. The van der Waals surface area contributed by atoms with Gasteiger partial charge in [-0.1, -0.05) is 54.6 Å². The standard InChI is InChI=1S/C30H24BNO2S/c1-29(2)30(3,4)34-31(33-29)18-13-14-24-21(16-18)27-28(35-24)22-15-17-9-5-6-10-19(17)25-20-11-7-8-12-23(20)32(27)26(22)25/h5-16H,1-4H3. The number of benzene rings is 4. The first-order chi connectivity index (χ1) is 16.8. The Hall–Kier alpha value is -3.12. The van der Waals surface area contributed by atoms with Crippen molar-refractivity contribution < 1.29 is 9.31 Å². The Bertz CT molecular complexity index is 1960. The first-order valence-electron chi connectivity index (χ1n) is 12.2. The van der Waals surface area contributed by atoms with Crippen molar-refractivity contribution in [1.82, 2.24) is 4.40 Å². The number of thiophene rings is 1. The number of fused-ring (bicyclic) bond motifs is 10. The van der Waals surface area contributed by atoms with Crippen LogP contribution in [0.1, 0.15) is 27.7 Å². The zero-order valence-corrected chi connectivity index (χ0v) is 21.0. The van der Waals surface area contributed by atoms with E-state index in [1.807, 2.05) is 11.3 Å². The lowest BCUT2D eigenvalue weighted by atomic mass is 9.79. The highest BCUT2D eigenvalue weighted by Crippen LogP contribution is 2.47. The summed E-state index contributed by atoms with van der Waals surface area (Å²) in [4.78, 5) is 0. The third kappa shape index (κ3) is 2.43. The minimum Gasteiger partial charge on any atom is -0.399 e. The van der Waals surface area contributed by atoms with E-state index in [0.29, 0.717) is 0 Å². The van der Waals surface area contributed by atoms with Gasteiger partial charge in [0.25, 0.3) is 0 Å². The van der Waals surface area contributed by atoms with Gasteiger partial charge < -0.3 is 13.7 Å². The quantitative estimate of drug-likeness (QED) is 0.230. The summed E-state index contributed by atoms with van der Waals surface area (Å²) in [7, 11) is -0.368. The van der Waals surface area contributed by atoms with Crippen LogP contribution in [0.3, 0.4) is 0 Å². The topological polar surface area (TPSA) is 22.9 Å². The fourth-order valence-electron chi connectivity index (χ4n) is 5.88. The molecule has 0 unspecified atom stereocenters. The third-order valence-electron chi connectivity index (χ3n) is 8.34. The smallest absolute Gasteiger partial charge is 0.399 e. The molecule has 3 aromatic heterocycles. The van der Waals surface area contributed by atoms with Crippen LogP contribution in [0.4, 0.5) is 0 Å². The Morgan fingerprint density at radius 3 is 2.23 bits per heavy atom. The predicted molar refractivity (Wildman–Crippen MR) is 150 cm³/mol. The molecule has 0 N–H and O–H groups in total. The molecule has 0 radical (unpaired) electrons. The molecule has 0 aliphatic carbocycles. The summed E-state index contributed by atoms with van der Waals surface area (Å²) in [5, 5.41) is 7.88. The van der Waals surface area contributed by atoms with Crippen molar-refractivity contribution >= 4 is 82.2 Å². The molecule has 35 heavy (non-hydrogen) atoms. The highest BCUT2D eigenvalue weighted by atomic mass is 32.1. The second kappa shape index (κ2) is 6.35. The van der Waals surface area contributed by atoms with E-state index in [0.717, 1.165) is 5.46 Å². The van der Waals surface area contributed by atoms with Crippen LogP contribution in [0.15, 0.2) is 72.8 Å². The van der Waals surface area contributed by atoms with Crippen molar-refractivity contribution in [2.45, 2.75) is 38.9 Å². The molecule has 8 rings (SSSR count). The van der Waals surface area contributed by atoms with Crippen molar-refractivity contribution in [3.8, 4) is 0 Å². The van der Waals surface area contributed by atoms with Crippen LogP contribution in [0, 0.1) is 0 Å². The fourth-order valence-corrected chi connectivity index (χ4v) is 7.06. The van der Waals surface area contributed by atoms with E-state index in [1.165, 1.54) is 58.3 Å². The van der Waals surface area contributed by atoms with Crippen LogP contribution in [0.2, 0.25) is 0 Å². The zero-order valence-electron chi connectivity index (χ0n) is 20.2. The van der Waals surface area contributed by atoms with Gasteiger partial charge in [-0.05, 0) is 62.1 Å². The first-order valence-corrected chi connectivity index (χ1v) is 13.0. The summed E-state index contributed by atoms with van der Waals surface area (Å²) < 4.78 is 17.9. The Morgan fingerprint density at radius 1 is 0.714 bits per heavy atom. The van der Waals surface area contributed by atoms with Gasteiger partial charge in [-0.3, -0.25) is 0 Å². The zero-order chi connectivity index (χ0) is 23.7. The second-order valence-electron chi connectivity index (χ2n) is 10.8. The maximum atomic E-state index is 6.40. The Balaban J connectivity index is 1.51. The summed E-state index contributed by atoms with van der Waals surface area (Å²) in [5.74, 6) is 0. The summed E-state index contributed by atoms with van der Waals surface area (Å²) in [6.07, 6.45) is 0. The molecule has 7 aromatic rings. The molecule has 1 fully saturated rings. The third-order valence-corrected chi connectivity index (χ3v) is 9.53. The largest absolute Gasteiger partial charge is 0.494 e. The van der Waals surface area contributed by atoms with Gasteiger partial charge in [0.2, 0.25) is 0 Å². The molecule has 4 heterocycles. The lowest BCUT2D eigenvalue weighted by molar-refractivity contribution is 0.00578. The van der Waals surface area contributed by atoms with Crippen molar-refractivity contribution in [2.75, 3.05) is 0 Å². The highest BCUT2D eigenvalue weighted by molar-refractivity contribution is 7.26. The van der Waals surface area contributed by atoms with Crippen molar-refractivity contribution in [3.63, 3.8) is 0 Å². The molecule has 0 saturated carbocycles. The number of rotatable bonds is 1. The number of aromatic nitrogens is 1. The van der Waals surface area contributed by atoms with Gasteiger partial charge in [0.1, 0.15) is 0 Å². The average Bonchev–Trinajstić information content (AvgIpc) is 3.52. The van der Waals surface area contributed by atoms with E-state index in [4.69, 9.17) is 9.31 Å². The van der Waals surface area contributed by atoms with Gasteiger partial charge in [0.15, 0.2) is 0 Å². The minimum atomic E-state index is -0.368. The average molecular weight is 473 g/mol. The molecule has 4 aromatic carbocycles. The summed E-state index contributed by atoms with van der Waals surface area (Å²) in [6.45, 7) is 8.44. The molecule has 0 amide bonds. The van der Waals surface area contributed by atoms with Crippen LogP contribution in [-0.4, -0.2) is 22.7 Å². The normalized spacial score (nSPS) is 17.9. The van der Waals surface area contributed by atoms with Gasteiger partial charge in [-0.25, -0.2) is 0 Å². The molecule has 170 valence electrons. The van der Waals surface area contributed by atoms with E-state index in [9.17, 15) is 0 Å². The molecule has 0 spiro atoms. The molecule has 5 heteroatoms. The number of hydrogen-bond acceptors (Lipinski definition) is 3.